The van der Waals surface area contributed by atoms with Gasteiger partial charge in [-0.05, 0) is 36.9 Å². The summed E-state index contributed by atoms with van der Waals surface area (Å²) in [6.07, 6.45) is 1.45. The fourth-order valence-corrected chi connectivity index (χ4v) is 8.78. The lowest BCUT2D eigenvalue weighted by Gasteiger charge is -2.40. The van der Waals surface area contributed by atoms with E-state index in [1.165, 1.54) is 15.6 Å². The Morgan fingerprint density at radius 1 is 1.28 bits per heavy atom. The number of carbonyl (C=O) groups excluding carboxylic acids is 1. The molecule has 2 N–H and O–H groups in total. The normalized spacial score (nSPS) is 20.4. The lowest BCUT2D eigenvalue weighted by Crippen LogP contribution is -2.56. The quantitative estimate of drug-likeness (QED) is 0.340. The van der Waals surface area contributed by atoms with Gasteiger partial charge in [-0.1, -0.05) is 17.7 Å². The molecule has 2 aliphatic rings. The minimum absolute atomic E-state index is 0.0145. The molecule has 1 fully saturated rings. The highest BCUT2D eigenvalue weighted by Gasteiger charge is 2.39. The van der Waals surface area contributed by atoms with Crippen LogP contribution in [0.25, 0.3) is 10.1 Å². The van der Waals surface area contributed by atoms with Gasteiger partial charge < -0.3 is 14.6 Å². The van der Waals surface area contributed by atoms with Crippen molar-refractivity contribution in [3.63, 3.8) is 0 Å². The summed E-state index contributed by atoms with van der Waals surface area (Å²) < 4.78 is 39.7. The lowest BCUT2D eigenvalue weighted by atomic mass is 10.1. The Kier molecular flexibility index (Phi) is 7.10. The second kappa shape index (κ2) is 10.4. The number of sulfonamides is 1. The number of benzene rings is 1. The number of H-pyrrole nitrogens is 1. The van der Waals surface area contributed by atoms with Crippen molar-refractivity contribution in [1.82, 2.24) is 28.9 Å². The zero-order valence-electron chi connectivity index (χ0n) is 20.8. The third-order valence-corrected chi connectivity index (χ3v) is 11.3. The Morgan fingerprint density at radius 2 is 2.13 bits per heavy atom. The second-order valence-corrected chi connectivity index (χ2v) is 14.1. The SMILES string of the molecule is CC1Cc2nc(C(=O)N3CCN(S(=O)(=O)c4cc5ccc(Cl)cc5s4)CC3CCc3nsc(=O)[nH]3)oc2CN1. The summed E-state index contributed by atoms with van der Waals surface area (Å²) in [6.45, 7) is 2.95. The monoisotopic (exact) mass is 608 g/mol. The molecule has 0 saturated carbocycles. The van der Waals surface area contributed by atoms with Crippen LogP contribution in [0.2, 0.25) is 5.02 Å². The highest BCUT2D eigenvalue weighted by atomic mass is 35.5. The van der Waals surface area contributed by atoms with E-state index in [1.54, 1.807) is 29.2 Å². The summed E-state index contributed by atoms with van der Waals surface area (Å²) in [6, 6.07) is 6.69. The third-order valence-electron chi connectivity index (χ3n) is 7.03. The number of carbonyl (C=O) groups is 1. The van der Waals surface area contributed by atoms with Crippen LogP contribution in [0.15, 0.2) is 37.7 Å². The van der Waals surface area contributed by atoms with E-state index in [0.717, 1.165) is 27.3 Å². The van der Waals surface area contributed by atoms with Gasteiger partial charge in [0.2, 0.25) is 0 Å². The van der Waals surface area contributed by atoms with E-state index < -0.39 is 16.1 Å². The molecule has 39 heavy (non-hydrogen) atoms. The first-order valence-corrected chi connectivity index (χ1v) is 15.9. The summed E-state index contributed by atoms with van der Waals surface area (Å²) in [7, 11) is -3.82. The van der Waals surface area contributed by atoms with Crippen LogP contribution >= 0.6 is 34.5 Å². The average Bonchev–Trinajstić information content (AvgIpc) is 3.64. The molecule has 2 aliphatic heterocycles. The topological polar surface area (TPSA) is 142 Å². The van der Waals surface area contributed by atoms with Gasteiger partial charge in [0.05, 0.1) is 12.2 Å². The molecular weight excluding hydrogens is 584 g/mol. The Labute approximate surface area is 237 Å². The third kappa shape index (κ3) is 5.28. The number of amides is 1. The number of thiophene rings is 1. The number of hydrogen-bond acceptors (Lipinski definition) is 10. The van der Waals surface area contributed by atoms with E-state index in [4.69, 9.17) is 16.0 Å². The molecule has 0 aliphatic carbocycles. The largest absolute Gasteiger partial charge is 0.436 e. The molecule has 4 aromatic rings. The van der Waals surface area contributed by atoms with Crippen LogP contribution in [0.4, 0.5) is 0 Å². The highest BCUT2D eigenvalue weighted by Crippen LogP contribution is 2.34. The van der Waals surface area contributed by atoms with E-state index in [-0.39, 0.29) is 46.6 Å². The fraction of sp³-hybridized carbons (Fsp3) is 0.417. The van der Waals surface area contributed by atoms with Crippen molar-refractivity contribution in [1.29, 1.82) is 0 Å². The molecule has 0 bridgehead atoms. The first-order chi connectivity index (χ1) is 18.7. The number of aryl methyl sites for hydroxylation is 1. The zero-order valence-corrected chi connectivity index (χ0v) is 24.1. The van der Waals surface area contributed by atoms with Gasteiger partial charge in [0, 0.05) is 65.8 Å². The Bertz CT molecular complexity index is 1710. The van der Waals surface area contributed by atoms with Crippen molar-refractivity contribution in [2.45, 2.75) is 49.0 Å². The summed E-state index contributed by atoms with van der Waals surface area (Å²) in [5, 5.41) is 4.64. The second-order valence-electron chi connectivity index (χ2n) is 9.72. The maximum atomic E-state index is 13.7. The molecule has 1 amide bonds. The highest BCUT2D eigenvalue weighted by molar-refractivity contribution is 7.91. The van der Waals surface area contributed by atoms with Gasteiger partial charge in [0.15, 0.2) is 0 Å². The first-order valence-electron chi connectivity index (χ1n) is 12.4. The maximum Gasteiger partial charge on any atom is 0.323 e. The van der Waals surface area contributed by atoms with E-state index >= 15 is 0 Å². The minimum atomic E-state index is -3.82. The molecule has 0 spiro atoms. The van der Waals surface area contributed by atoms with Crippen LogP contribution in [0.1, 0.15) is 41.3 Å². The van der Waals surface area contributed by atoms with Crippen molar-refractivity contribution in [3.05, 3.63) is 62.1 Å². The van der Waals surface area contributed by atoms with Crippen LogP contribution in [-0.4, -0.2) is 69.6 Å². The van der Waals surface area contributed by atoms with Gasteiger partial charge >= 0.3 is 10.8 Å². The van der Waals surface area contributed by atoms with Crippen LogP contribution in [0.3, 0.4) is 0 Å². The van der Waals surface area contributed by atoms with Gasteiger partial charge in [-0.15, -0.1) is 11.3 Å². The van der Waals surface area contributed by atoms with Gasteiger partial charge in [-0.2, -0.15) is 8.68 Å². The summed E-state index contributed by atoms with van der Waals surface area (Å²) in [4.78, 5) is 33.7. The Balaban J connectivity index is 1.27. The van der Waals surface area contributed by atoms with Crippen molar-refractivity contribution in [2.75, 3.05) is 19.6 Å². The smallest absolute Gasteiger partial charge is 0.323 e. The molecule has 206 valence electrons. The van der Waals surface area contributed by atoms with Crippen LogP contribution in [-0.2, 0) is 29.4 Å². The van der Waals surface area contributed by atoms with Crippen molar-refractivity contribution >= 4 is 60.5 Å². The molecule has 5 heterocycles. The van der Waals surface area contributed by atoms with E-state index in [2.05, 4.69) is 19.7 Å². The number of rotatable bonds is 6. The molecule has 0 radical (unpaired) electrons. The number of aromatic nitrogens is 3. The molecule has 15 heteroatoms. The fourth-order valence-electron chi connectivity index (χ4n) is 4.99. The Hall–Kier alpha value is -2.62. The van der Waals surface area contributed by atoms with Gasteiger partial charge in [0.25, 0.3) is 15.9 Å². The molecule has 11 nitrogen and oxygen atoms in total. The van der Waals surface area contributed by atoms with E-state index in [1.807, 2.05) is 6.92 Å². The van der Waals surface area contributed by atoms with Gasteiger partial charge in [-0.3, -0.25) is 14.6 Å². The molecule has 2 atom stereocenters. The number of nitrogens with zero attached hydrogens (tertiary/aromatic N) is 4. The zero-order chi connectivity index (χ0) is 27.3. The minimum Gasteiger partial charge on any atom is -0.436 e. The van der Waals surface area contributed by atoms with Gasteiger partial charge in [0.1, 0.15) is 15.8 Å². The summed E-state index contributed by atoms with van der Waals surface area (Å²) in [5.41, 5.74) is 0.771. The predicted octanol–water partition coefficient (Wildman–Crippen LogP) is 2.87. The average molecular weight is 609 g/mol. The number of halogens is 1. The predicted molar refractivity (Wildman–Crippen MR) is 148 cm³/mol. The number of oxazole rings is 1. The Morgan fingerprint density at radius 3 is 2.92 bits per heavy atom. The van der Waals surface area contributed by atoms with Crippen molar-refractivity contribution < 1.29 is 17.6 Å². The van der Waals surface area contributed by atoms with Crippen molar-refractivity contribution in [2.24, 2.45) is 0 Å². The summed E-state index contributed by atoms with van der Waals surface area (Å²) in [5.74, 6) is 0.799. The van der Waals surface area contributed by atoms with Gasteiger partial charge in [-0.25, -0.2) is 13.4 Å². The molecular formula is C24H25ClN6O5S3. The molecule has 1 aromatic carbocycles. The number of aromatic amines is 1. The lowest BCUT2D eigenvalue weighted by molar-refractivity contribution is 0.0509. The summed E-state index contributed by atoms with van der Waals surface area (Å²) >= 11 is 8.10. The molecule has 6 rings (SSSR count). The number of fused-ring (bicyclic) bond motifs is 2. The first kappa shape index (κ1) is 26.6. The maximum absolute atomic E-state index is 13.7. The number of hydrogen-bond donors (Lipinski definition) is 2. The molecule has 3 aromatic heterocycles. The van der Waals surface area contributed by atoms with Crippen LogP contribution in [0, 0.1) is 0 Å². The van der Waals surface area contributed by atoms with Crippen LogP contribution < -0.4 is 10.2 Å². The molecule has 1 saturated heterocycles. The standard InChI is InChI=1S/C24H25ClN6O5S3/c1-13-8-17-18(11-26-13)36-22(27-17)23(32)31-7-6-30(12-16(31)4-5-20-28-24(33)38-29-20)39(34,35)21-9-14-2-3-15(25)10-19(14)37-21/h2-3,9-10,13,16,26H,4-8,11-12H2,1H3,(H,28,29,33). The van der Waals surface area contributed by atoms with E-state index in [0.29, 0.717) is 42.4 Å². The number of piperazine rings is 1. The van der Waals surface area contributed by atoms with Crippen LogP contribution in [0.5, 0.6) is 0 Å². The molecule has 2 unspecified atom stereocenters. The van der Waals surface area contributed by atoms with Crippen molar-refractivity contribution in [3.8, 4) is 0 Å². The number of nitrogens with one attached hydrogen (secondary N) is 2. The van der Waals surface area contributed by atoms with E-state index in [9.17, 15) is 18.0 Å².